The predicted molar refractivity (Wildman–Crippen MR) is 63.2 cm³/mol. The molecule has 1 N–H and O–H groups in total. The summed E-state index contributed by atoms with van der Waals surface area (Å²) in [5, 5.41) is 2.24. The molecule has 0 saturated carbocycles. The van der Waals surface area contributed by atoms with Gasteiger partial charge in [-0.3, -0.25) is 4.79 Å². The molecule has 0 spiro atoms. The molecule has 0 fully saturated rings. The number of ether oxygens (including phenoxy) is 1. The summed E-state index contributed by atoms with van der Waals surface area (Å²) >= 11 is 0. The lowest BCUT2D eigenvalue weighted by Gasteiger charge is -2.24. The number of carbonyl (C=O) groups is 2. The van der Waals surface area contributed by atoms with Gasteiger partial charge in [-0.05, 0) is 12.3 Å². The van der Waals surface area contributed by atoms with E-state index < -0.39 is 11.9 Å². The zero-order chi connectivity index (χ0) is 12.7. The van der Waals surface area contributed by atoms with Crippen LogP contribution in [0, 0.1) is 5.92 Å². The summed E-state index contributed by atoms with van der Waals surface area (Å²) in [6.07, 6.45) is 1.14. The summed E-state index contributed by atoms with van der Waals surface area (Å²) in [6.45, 7) is 5.83. The average Bonchev–Trinajstić information content (AvgIpc) is 2.25. The Morgan fingerprint density at radius 1 is 1.38 bits per heavy atom. The first-order valence-electron chi connectivity index (χ1n) is 5.60. The number of hydrogen-bond acceptors (Lipinski definition) is 3. The third-order valence-corrected chi connectivity index (χ3v) is 2.55. The van der Waals surface area contributed by atoms with Gasteiger partial charge >= 0.3 is 11.9 Å². The maximum Gasteiger partial charge on any atom is 0.397 e. The van der Waals surface area contributed by atoms with Gasteiger partial charge in [-0.1, -0.05) is 33.0 Å². The Balaban J connectivity index is 4.42. The summed E-state index contributed by atoms with van der Waals surface area (Å²) in [4.78, 5) is 22.3. The second-order valence-corrected chi connectivity index (χ2v) is 4.12. The first-order valence-corrected chi connectivity index (χ1v) is 5.60. The number of rotatable bonds is 5. The van der Waals surface area contributed by atoms with Gasteiger partial charge < -0.3 is 10.1 Å². The quantitative estimate of drug-likeness (QED) is 0.432. The number of likely N-dealkylation sites (N-methyl/N-ethyl adjacent to an activating group) is 1. The van der Waals surface area contributed by atoms with E-state index in [9.17, 15) is 9.59 Å². The van der Waals surface area contributed by atoms with Crippen molar-refractivity contribution in [1.82, 2.24) is 5.32 Å². The van der Waals surface area contributed by atoms with Crippen LogP contribution in [0.25, 0.3) is 0 Å². The van der Waals surface area contributed by atoms with Crippen LogP contribution in [0.5, 0.6) is 0 Å². The van der Waals surface area contributed by atoms with Crippen LogP contribution < -0.4 is 5.32 Å². The molecule has 4 nitrogen and oxygen atoms in total. The Kier molecular flexibility index (Phi) is 6.85. The van der Waals surface area contributed by atoms with Gasteiger partial charge in [-0.2, -0.15) is 0 Å². The second kappa shape index (κ2) is 7.31. The van der Waals surface area contributed by atoms with Crippen LogP contribution in [0.1, 0.15) is 33.6 Å². The second-order valence-electron chi connectivity index (χ2n) is 4.12. The summed E-state index contributed by atoms with van der Waals surface area (Å²) in [6, 6.07) is 0. The van der Waals surface area contributed by atoms with E-state index in [0.717, 1.165) is 6.42 Å². The zero-order valence-electron chi connectivity index (χ0n) is 10.4. The van der Waals surface area contributed by atoms with E-state index in [4.69, 9.17) is 12.6 Å². The van der Waals surface area contributed by atoms with Crippen molar-refractivity contribution in [2.24, 2.45) is 5.92 Å². The van der Waals surface area contributed by atoms with Gasteiger partial charge in [0.2, 0.25) is 0 Å². The third kappa shape index (κ3) is 5.19. The molecular weight excluding hydrogens is 205 g/mol. The molecule has 0 aromatic carbocycles. The first-order chi connectivity index (χ1) is 7.42. The van der Waals surface area contributed by atoms with Crippen LogP contribution >= 0.6 is 0 Å². The van der Waals surface area contributed by atoms with E-state index in [2.05, 4.69) is 5.32 Å². The van der Waals surface area contributed by atoms with Crippen molar-refractivity contribution in [3.8, 4) is 0 Å². The summed E-state index contributed by atoms with van der Waals surface area (Å²) in [5.41, 5.74) is 0. The number of hydrogen-bond donors (Lipinski definition) is 1. The highest BCUT2D eigenvalue weighted by Gasteiger charge is 2.24. The molecule has 0 aromatic heterocycles. The van der Waals surface area contributed by atoms with Crippen LogP contribution in [0.3, 0.4) is 0 Å². The van der Waals surface area contributed by atoms with Crippen LogP contribution in [-0.4, -0.2) is 32.9 Å². The van der Waals surface area contributed by atoms with E-state index in [0.29, 0.717) is 6.42 Å². The molecule has 16 heavy (non-hydrogen) atoms. The average molecular weight is 225 g/mol. The Morgan fingerprint density at radius 3 is 2.31 bits per heavy atom. The summed E-state index contributed by atoms with van der Waals surface area (Å²) in [7, 11) is 7.07. The van der Waals surface area contributed by atoms with Crippen LogP contribution in [0.15, 0.2) is 0 Å². The highest BCUT2D eigenvalue weighted by atomic mass is 16.5. The predicted octanol–water partition coefficient (Wildman–Crippen LogP) is 1.06. The summed E-state index contributed by atoms with van der Waals surface area (Å²) < 4.78 is 5.14. The zero-order valence-corrected chi connectivity index (χ0v) is 10.4. The normalized spacial score (nSPS) is 16.0. The van der Waals surface area contributed by atoms with Crippen LogP contribution in [0.4, 0.5) is 0 Å². The lowest BCUT2D eigenvalue weighted by Crippen LogP contribution is -2.35. The molecule has 0 aromatic rings. The topological polar surface area (TPSA) is 55.4 Å². The molecule has 0 unspecified atom stereocenters. The van der Waals surface area contributed by atoms with Gasteiger partial charge in [0.1, 0.15) is 6.10 Å². The van der Waals surface area contributed by atoms with Gasteiger partial charge in [0, 0.05) is 7.05 Å². The molecule has 0 saturated heterocycles. The molecule has 0 rings (SSSR count). The molecule has 0 aliphatic rings. The van der Waals surface area contributed by atoms with Gasteiger partial charge in [-0.15, -0.1) is 0 Å². The van der Waals surface area contributed by atoms with Crippen LogP contribution in [-0.2, 0) is 14.3 Å². The van der Waals surface area contributed by atoms with Crippen molar-refractivity contribution in [2.75, 3.05) is 7.05 Å². The Labute approximate surface area is 98.5 Å². The number of nitrogens with one attached hydrogen (secondary N) is 1. The van der Waals surface area contributed by atoms with Crippen LogP contribution in [0.2, 0.25) is 5.82 Å². The van der Waals surface area contributed by atoms with E-state index in [-0.39, 0.29) is 17.8 Å². The molecule has 3 atom stereocenters. The fraction of sp³-hybridized carbons (Fsp3) is 0.818. The molecule has 1 amide bonds. The van der Waals surface area contributed by atoms with Crippen molar-refractivity contribution in [3.63, 3.8) is 0 Å². The highest BCUT2D eigenvalue weighted by molar-refractivity contribution is 6.32. The number of carbonyl (C=O) groups excluding carboxylic acids is 2. The number of esters is 1. The fourth-order valence-corrected chi connectivity index (χ4v) is 1.32. The first kappa shape index (κ1) is 15.0. The van der Waals surface area contributed by atoms with E-state index >= 15 is 0 Å². The molecule has 2 radical (unpaired) electrons. The van der Waals surface area contributed by atoms with E-state index in [1.165, 1.54) is 7.05 Å². The molecule has 0 aliphatic heterocycles. The van der Waals surface area contributed by atoms with Gasteiger partial charge in [0.25, 0.3) is 0 Å². The SMILES string of the molecule is [B][C@H](C)C[C@@H](OC(=O)C(=O)NC)[C@H](C)CC. The van der Waals surface area contributed by atoms with Crippen molar-refractivity contribution in [2.45, 2.75) is 45.5 Å². The van der Waals surface area contributed by atoms with Crippen molar-refractivity contribution >= 4 is 19.7 Å². The largest absolute Gasteiger partial charge is 0.455 e. The molecule has 0 heterocycles. The van der Waals surface area contributed by atoms with Crippen molar-refractivity contribution < 1.29 is 14.3 Å². The Morgan fingerprint density at radius 2 is 1.94 bits per heavy atom. The molecule has 90 valence electrons. The smallest absolute Gasteiger partial charge is 0.397 e. The van der Waals surface area contributed by atoms with Gasteiger partial charge in [0.15, 0.2) is 0 Å². The minimum atomic E-state index is -0.839. The van der Waals surface area contributed by atoms with E-state index in [1.807, 2.05) is 20.8 Å². The highest BCUT2D eigenvalue weighted by Crippen LogP contribution is 2.20. The molecular formula is C11H20BNO3. The van der Waals surface area contributed by atoms with E-state index in [1.54, 1.807) is 0 Å². The number of amides is 1. The lowest BCUT2D eigenvalue weighted by atomic mass is 9.81. The monoisotopic (exact) mass is 225 g/mol. The Hall–Kier alpha value is -0.995. The lowest BCUT2D eigenvalue weighted by molar-refractivity contribution is -0.161. The van der Waals surface area contributed by atoms with Crippen molar-refractivity contribution in [3.05, 3.63) is 0 Å². The minimum absolute atomic E-state index is 0.0588. The summed E-state index contributed by atoms with van der Waals surface area (Å²) in [5.74, 6) is -1.43. The Bertz CT molecular complexity index is 243. The molecule has 0 aliphatic carbocycles. The maximum atomic E-state index is 11.3. The van der Waals surface area contributed by atoms with Gasteiger partial charge in [-0.25, -0.2) is 4.79 Å². The molecule has 0 bridgehead atoms. The van der Waals surface area contributed by atoms with Gasteiger partial charge in [0.05, 0.1) is 7.85 Å². The third-order valence-electron chi connectivity index (χ3n) is 2.55. The standard InChI is InChI=1S/C11H20BNO3/c1-5-7(2)9(6-8(3)12)16-11(15)10(14)13-4/h7-9H,5-6H2,1-4H3,(H,13,14)/t7-,8-,9-/m1/s1. The fourth-order valence-electron chi connectivity index (χ4n) is 1.32. The maximum absolute atomic E-state index is 11.3. The minimum Gasteiger partial charge on any atom is -0.455 e. The van der Waals surface area contributed by atoms with Crippen molar-refractivity contribution in [1.29, 1.82) is 0 Å². The molecule has 5 heteroatoms.